The molecule has 0 unspecified atom stereocenters. The molecule has 0 rings (SSSR count). The first-order valence-electron chi connectivity index (χ1n) is 0.928. The van der Waals surface area contributed by atoms with Gasteiger partial charge in [-0.05, 0) is 0 Å². The molecule has 0 saturated heterocycles. The predicted molar refractivity (Wildman–Crippen MR) is 26.3 cm³/mol. The molecule has 0 bridgehead atoms. The molecule has 0 aliphatic heterocycles. The molecule has 0 aromatic carbocycles. The largest absolute Gasteiger partial charge is 2.00 e. The number of carbonyl (C=O) groups is 1. The van der Waals surface area contributed by atoms with E-state index in [-0.39, 0.29) is 32.1 Å². The molecule has 0 amide bonds. The van der Waals surface area contributed by atoms with Crippen LogP contribution < -0.4 is 6.15 Å². The van der Waals surface area contributed by atoms with Crippen molar-refractivity contribution in [3.63, 3.8) is 0 Å². The monoisotopic (exact) mass is 103 g/mol. The summed E-state index contributed by atoms with van der Waals surface area (Å²) in [6.07, 6.45) is 0. The first-order chi connectivity index (χ1) is 1.73. The van der Waals surface area contributed by atoms with Crippen LogP contribution in [0.15, 0.2) is 0 Å². The Morgan fingerprint density at radius 2 is 1.83 bits per heavy atom. The summed E-state index contributed by atoms with van der Waals surface area (Å²) in [4.78, 5) is 9.00. The van der Waals surface area contributed by atoms with Crippen LogP contribution in [-0.2, 0) is 4.79 Å². The molecule has 0 aliphatic rings. The summed E-state index contributed by atoms with van der Waals surface area (Å²) in [6.45, 7) is 1.08. The SMILES string of the molecule is CC(=O)O.N.[H-].[H-].[Mg+2]. The van der Waals surface area contributed by atoms with Gasteiger partial charge in [-0.2, -0.15) is 0 Å². The molecule has 0 aliphatic carbocycles. The molecule has 4 N–H and O–H groups in total. The molecule has 3 nitrogen and oxygen atoms in total. The molecule has 0 aromatic rings. The fraction of sp³-hybridized carbons (Fsp3) is 0.500. The third kappa shape index (κ3) is 1110. The van der Waals surface area contributed by atoms with E-state index >= 15 is 0 Å². The molecule has 0 fully saturated rings. The summed E-state index contributed by atoms with van der Waals surface area (Å²) in [6, 6.07) is 0. The van der Waals surface area contributed by atoms with Crippen LogP contribution in [0.5, 0.6) is 0 Å². The zero-order chi connectivity index (χ0) is 3.58. The Labute approximate surface area is 55.4 Å². The third-order valence-corrected chi connectivity index (χ3v) is 0. The molecule has 0 spiro atoms. The standard InChI is InChI=1S/C2H4O2.Mg.H3N.2H/c1-2(3)4;;;;/h1H3,(H,3,4);;1H3;;/q;+2;;2*-1. The molecule has 4 heteroatoms. The number of hydrogen-bond donors (Lipinski definition) is 2. The van der Waals surface area contributed by atoms with Gasteiger partial charge in [-0.1, -0.05) is 0 Å². The topological polar surface area (TPSA) is 72.3 Å². The Morgan fingerprint density at radius 3 is 1.83 bits per heavy atom. The Balaban J connectivity index is -0.00000000750. The van der Waals surface area contributed by atoms with Gasteiger partial charge in [-0.3, -0.25) is 4.79 Å². The number of hydrogen-bond acceptors (Lipinski definition) is 2. The minimum Gasteiger partial charge on any atom is -1.00 e. The summed E-state index contributed by atoms with van der Waals surface area (Å²) in [5, 5.41) is 7.42. The fourth-order valence-corrected chi connectivity index (χ4v) is 0. The normalized spacial score (nSPS) is 4.17. The van der Waals surface area contributed by atoms with E-state index in [1.807, 2.05) is 0 Å². The fourth-order valence-electron chi connectivity index (χ4n) is 0. The zero-order valence-corrected chi connectivity index (χ0v) is 5.18. The third-order valence-electron chi connectivity index (χ3n) is 0. The molecule has 6 heavy (non-hydrogen) atoms. The maximum Gasteiger partial charge on any atom is 2.00 e. The summed E-state index contributed by atoms with van der Waals surface area (Å²) in [7, 11) is 0. The molecular formula is C2H9MgNO2. The summed E-state index contributed by atoms with van der Waals surface area (Å²) in [5.41, 5.74) is 0. The van der Waals surface area contributed by atoms with Gasteiger partial charge in [0, 0.05) is 6.92 Å². The molecule has 36 valence electrons. The van der Waals surface area contributed by atoms with Crippen molar-refractivity contribution in [2.24, 2.45) is 0 Å². The van der Waals surface area contributed by atoms with Gasteiger partial charge in [0.05, 0.1) is 0 Å². The second kappa shape index (κ2) is 8.96. The van der Waals surface area contributed by atoms with Crippen LogP contribution >= 0.6 is 0 Å². The Hall–Kier alpha value is 0.196. The van der Waals surface area contributed by atoms with Crippen molar-refractivity contribution in [2.45, 2.75) is 6.92 Å². The first kappa shape index (κ1) is 16.4. The van der Waals surface area contributed by atoms with Gasteiger partial charge in [0.1, 0.15) is 0 Å². The van der Waals surface area contributed by atoms with Gasteiger partial charge in [0.2, 0.25) is 0 Å². The Morgan fingerprint density at radius 1 is 1.83 bits per heavy atom. The van der Waals surface area contributed by atoms with Crippen LogP contribution in [0.2, 0.25) is 0 Å². The van der Waals surface area contributed by atoms with Crippen molar-refractivity contribution >= 4 is 29.0 Å². The van der Waals surface area contributed by atoms with E-state index in [2.05, 4.69) is 0 Å². The average Bonchev–Trinajstić information content (AvgIpc) is 0.811. The van der Waals surface area contributed by atoms with E-state index in [4.69, 9.17) is 9.90 Å². The smallest absolute Gasteiger partial charge is 1.00 e. The molecular weight excluding hydrogens is 94.3 g/mol. The van der Waals surface area contributed by atoms with E-state index in [1.165, 1.54) is 0 Å². The van der Waals surface area contributed by atoms with E-state index < -0.39 is 5.97 Å². The average molecular weight is 103 g/mol. The van der Waals surface area contributed by atoms with Crippen LogP contribution in [0.25, 0.3) is 0 Å². The molecule has 0 atom stereocenters. The van der Waals surface area contributed by atoms with Crippen molar-refractivity contribution < 1.29 is 12.8 Å². The van der Waals surface area contributed by atoms with Gasteiger partial charge in [0.15, 0.2) is 0 Å². The molecule has 0 aromatic heterocycles. The zero-order valence-electron chi connectivity index (χ0n) is 5.77. The number of rotatable bonds is 0. The van der Waals surface area contributed by atoms with E-state index in [0.717, 1.165) is 6.92 Å². The van der Waals surface area contributed by atoms with Crippen LogP contribution in [0.1, 0.15) is 9.78 Å². The minimum absolute atomic E-state index is 0. The summed E-state index contributed by atoms with van der Waals surface area (Å²) < 4.78 is 0. The number of carboxylic acid groups (broad SMARTS) is 1. The first-order valence-corrected chi connectivity index (χ1v) is 0.928. The van der Waals surface area contributed by atoms with E-state index in [1.54, 1.807) is 0 Å². The van der Waals surface area contributed by atoms with Gasteiger partial charge in [0.25, 0.3) is 5.97 Å². The van der Waals surface area contributed by atoms with E-state index in [0.29, 0.717) is 0 Å². The second-order valence-corrected chi connectivity index (χ2v) is 0.519. The van der Waals surface area contributed by atoms with Gasteiger partial charge < -0.3 is 14.1 Å². The maximum absolute atomic E-state index is 9.00. The number of carboxylic acids is 1. The molecule has 0 radical (unpaired) electrons. The summed E-state index contributed by atoms with van der Waals surface area (Å²) >= 11 is 0. The van der Waals surface area contributed by atoms with Crippen LogP contribution in [-0.4, -0.2) is 34.1 Å². The van der Waals surface area contributed by atoms with Gasteiger partial charge in [-0.15, -0.1) is 0 Å². The van der Waals surface area contributed by atoms with Gasteiger partial charge in [-0.25, -0.2) is 0 Å². The van der Waals surface area contributed by atoms with Crippen molar-refractivity contribution in [1.29, 1.82) is 0 Å². The minimum atomic E-state index is -0.833. The van der Waals surface area contributed by atoms with Crippen molar-refractivity contribution in [3.05, 3.63) is 0 Å². The molecule has 0 saturated carbocycles. The Kier molecular flexibility index (Phi) is 24.4. The predicted octanol–water partition coefficient (Wildman–Crippen LogP) is 0.0971. The van der Waals surface area contributed by atoms with Crippen molar-refractivity contribution in [1.82, 2.24) is 6.15 Å². The van der Waals surface area contributed by atoms with Crippen LogP contribution in [0, 0.1) is 0 Å². The van der Waals surface area contributed by atoms with Crippen molar-refractivity contribution in [3.8, 4) is 0 Å². The van der Waals surface area contributed by atoms with Crippen LogP contribution in [0.4, 0.5) is 0 Å². The van der Waals surface area contributed by atoms with E-state index in [9.17, 15) is 0 Å². The maximum atomic E-state index is 9.00. The quantitative estimate of drug-likeness (QED) is 0.427. The Bertz CT molecular complexity index is 41.0. The van der Waals surface area contributed by atoms with Crippen LogP contribution in [0.3, 0.4) is 0 Å². The van der Waals surface area contributed by atoms with Crippen molar-refractivity contribution in [2.75, 3.05) is 0 Å². The summed E-state index contributed by atoms with van der Waals surface area (Å²) in [5.74, 6) is -0.833. The van der Waals surface area contributed by atoms with Gasteiger partial charge >= 0.3 is 23.1 Å². The number of aliphatic carboxylic acids is 1. The molecule has 0 heterocycles. The second-order valence-electron chi connectivity index (χ2n) is 0.519.